The van der Waals surface area contributed by atoms with Crippen LogP contribution in [0.3, 0.4) is 0 Å². The van der Waals surface area contributed by atoms with E-state index in [-0.39, 0.29) is 11.9 Å². The molecule has 0 aliphatic carbocycles. The molecule has 3 heterocycles. The van der Waals surface area contributed by atoms with Gasteiger partial charge in [0.05, 0.1) is 12.3 Å². The van der Waals surface area contributed by atoms with Gasteiger partial charge in [0.2, 0.25) is 17.6 Å². The number of carbonyl (C=O) groups is 1. The molecular weight excluding hydrogens is 416 g/mol. The third-order valence-corrected chi connectivity index (χ3v) is 6.03. The number of amides is 1. The Hall–Kier alpha value is -3.71. The van der Waals surface area contributed by atoms with Gasteiger partial charge in [-0.2, -0.15) is 4.98 Å². The molecule has 0 spiro atoms. The number of aromatic nitrogens is 2. The fraction of sp³-hybridized carbons (Fsp3) is 0.269. The van der Waals surface area contributed by atoms with E-state index in [0.717, 1.165) is 13.1 Å². The smallest absolute Gasteiger partial charge is 0.238 e. The van der Waals surface area contributed by atoms with Crippen molar-refractivity contribution in [1.82, 2.24) is 19.9 Å². The van der Waals surface area contributed by atoms with Gasteiger partial charge in [-0.3, -0.25) is 9.69 Å². The number of hydrogen-bond donors (Lipinski definition) is 0. The first-order valence-electron chi connectivity index (χ1n) is 11.3. The molecule has 33 heavy (non-hydrogen) atoms. The van der Waals surface area contributed by atoms with Crippen LogP contribution >= 0.6 is 0 Å². The van der Waals surface area contributed by atoms with Gasteiger partial charge in [-0.25, -0.2) is 0 Å². The zero-order chi connectivity index (χ0) is 22.5. The highest BCUT2D eigenvalue weighted by Crippen LogP contribution is 2.29. The number of piperazine rings is 1. The molecule has 2 aromatic heterocycles. The van der Waals surface area contributed by atoms with Gasteiger partial charge in [-0.15, -0.1) is 0 Å². The van der Waals surface area contributed by atoms with Crippen LogP contribution < -0.4 is 0 Å². The van der Waals surface area contributed by atoms with Crippen molar-refractivity contribution in [3.8, 4) is 11.6 Å². The Balaban J connectivity index is 1.19. The molecule has 4 aromatic rings. The number of furan rings is 1. The number of aryl methyl sites for hydroxylation is 1. The van der Waals surface area contributed by atoms with Crippen LogP contribution in [0.2, 0.25) is 0 Å². The number of carbonyl (C=O) groups excluding carboxylic acids is 1. The lowest BCUT2D eigenvalue weighted by Crippen LogP contribution is -2.49. The van der Waals surface area contributed by atoms with Gasteiger partial charge in [0, 0.05) is 39.0 Å². The highest BCUT2D eigenvalue weighted by atomic mass is 16.5. The van der Waals surface area contributed by atoms with Gasteiger partial charge >= 0.3 is 0 Å². The summed E-state index contributed by atoms with van der Waals surface area (Å²) in [5.41, 5.74) is 2.54. The molecule has 0 bridgehead atoms. The second-order valence-electron chi connectivity index (χ2n) is 8.13. The fourth-order valence-electron chi connectivity index (χ4n) is 4.35. The lowest BCUT2D eigenvalue weighted by molar-refractivity contribution is -0.133. The van der Waals surface area contributed by atoms with Crippen LogP contribution in [-0.2, 0) is 11.2 Å². The van der Waals surface area contributed by atoms with Crippen molar-refractivity contribution in [3.05, 3.63) is 96.1 Å². The maximum Gasteiger partial charge on any atom is 0.238 e. The predicted octanol–water partition coefficient (Wildman–Crippen LogP) is 4.20. The summed E-state index contributed by atoms with van der Waals surface area (Å²) in [5, 5.41) is 3.92. The molecule has 5 rings (SSSR count). The summed E-state index contributed by atoms with van der Waals surface area (Å²) in [6.07, 6.45) is 2.33. The number of benzene rings is 2. The van der Waals surface area contributed by atoms with Crippen LogP contribution in [0.4, 0.5) is 0 Å². The van der Waals surface area contributed by atoms with Crippen molar-refractivity contribution in [2.45, 2.75) is 18.9 Å². The van der Waals surface area contributed by atoms with Gasteiger partial charge in [0.25, 0.3) is 0 Å². The summed E-state index contributed by atoms with van der Waals surface area (Å²) in [4.78, 5) is 21.5. The molecule has 0 N–H and O–H groups in total. The van der Waals surface area contributed by atoms with Crippen LogP contribution in [0.25, 0.3) is 11.6 Å². The highest BCUT2D eigenvalue weighted by molar-refractivity contribution is 5.76. The predicted molar refractivity (Wildman–Crippen MR) is 123 cm³/mol. The van der Waals surface area contributed by atoms with E-state index in [9.17, 15) is 4.79 Å². The Labute approximate surface area is 192 Å². The van der Waals surface area contributed by atoms with Gasteiger partial charge < -0.3 is 13.8 Å². The molecule has 1 aliphatic rings. The molecule has 1 saturated heterocycles. The van der Waals surface area contributed by atoms with E-state index in [0.29, 0.717) is 43.4 Å². The van der Waals surface area contributed by atoms with E-state index < -0.39 is 0 Å². The Morgan fingerprint density at radius 3 is 2.15 bits per heavy atom. The molecule has 7 nitrogen and oxygen atoms in total. The van der Waals surface area contributed by atoms with Crippen molar-refractivity contribution in [3.63, 3.8) is 0 Å². The topological polar surface area (TPSA) is 75.6 Å². The first kappa shape index (κ1) is 21.2. The average Bonchev–Trinajstić information content (AvgIpc) is 3.57. The molecule has 0 radical (unpaired) electrons. The van der Waals surface area contributed by atoms with Gasteiger partial charge in [-0.1, -0.05) is 65.8 Å². The summed E-state index contributed by atoms with van der Waals surface area (Å²) >= 11 is 0. The van der Waals surface area contributed by atoms with E-state index in [4.69, 9.17) is 8.94 Å². The van der Waals surface area contributed by atoms with E-state index in [1.54, 1.807) is 18.4 Å². The third kappa shape index (κ3) is 4.88. The molecule has 1 amide bonds. The Morgan fingerprint density at radius 1 is 0.879 bits per heavy atom. The second kappa shape index (κ2) is 9.83. The second-order valence-corrected chi connectivity index (χ2v) is 8.13. The van der Waals surface area contributed by atoms with E-state index in [2.05, 4.69) is 63.6 Å². The molecule has 0 unspecified atom stereocenters. The molecule has 1 fully saturated rings. The van der Waals surface area contributed by atoms with Gasteiger partial charge in [0.1, 0.15) is 0 Å². The lowest BCUT2D eigenvalue weighted by atomic mass is 9.96. The van der Waals surface area contributed by atoms with Crippen LogP contribution in [-0.4, -0.2) is 52.0 Å². The molecule has 0 atom stereocenters. The zero-order valence-electron chi connectivity index (χ0n) is 18.3. The van der Waals surface area contributed by atoms with Crippen LogP contribution in [0.1, 0.15) is 29.5 Å². The fourth-order valence-corrected chi connectivity index (χ4v) is 4.35. The van der Waals surface area contributed by atoms with Crippen molar-refractivity contribution < 1.29 is 13.7 Å². The van der Waals surface area contributed by atoms with Crippen LogP contribution in [0, 0.1) is 0 Å². The first-order valence-corrected chi connectivity index (χ1v) is 11.3. The van der Waals surface area contributed by atoms with E-state index >= 15 is 0 Å². The Kier molecular flexibility index (Phi) is 6.30. The molecule has 2 aromatic carbocycles. The minimum Gasteiger partial charge on any atom is -0.461 e. The minimum atomic E-state index is 0.114. The maximum atomic E-state index is 12.8. The Bertz CT molecular complexity index is 1110. The molecule has 0 saturated carbocycles. The molecule has 7 heteroatoms. The van der Waals surface area contributed by atoms with E-state index in [1.807, 2.05) is 17.0 Å². The van der Waals surface area contributed by atoms with Crippen molar-refractivity contribution in [2.75, 3.05) is 26.2 Å². The monoisotopic (exact) mass is 442 g/mol. The van der Waals surface area contributed by atoms with E-state index in [1.165, 1.54) is 11.1 Å². The number of rotatable bonds is 7. The maximum absolute atomic E-state index is 12.8. The zero-order valence-corrected chi connectivity index (χ0v) is 18.3. The molecule has 1 aliphatic heterocycles. The summed E-state index contributed by atoms with van der Waals surface area (Å²) in [6.45, 7) is 3.06. The van der Waals surface area contributed by atoms with Crippen molar-refractivity contribution in [1.29, 1.82) is 0 Å². The summed E-state index contributed by atoms with van der Waals surface area (Å²) in [5.74, 6) is 1.52. The minimum absolute atomic E-state index is 0.114. The molecular formula is C26H26N4O3. The summed E-state index contributed by atoms with van der Waals surface area (Å²) in [7, 11) is 0. The van der Waals surface area contributed by atoms with Crippen molar-refractivity contribution in [2.24, 2.45) is 0 Å². The van der Waals surface area contributed by atoms with Gasteiger partial charge in [-0.05, 0) is 23.3 Å². The number of nitrogens with zero attached hydrogens (tertiary/aromatic N) is 4. The van der Waals surface area contributed by atoms with Gasteiger partial charge in [0.15, 0.2) is 5.76 Å². The summed E-state index contributed by atoms with van der Waals surface area (Å²) in [6, 6.07) is 24.9. The first-order chi connectivity index (χ1) is 16.3. The van der Waals surface area contributed by atoms with Crippen LogP contribution in [0.5, 0.6) is 0 Å². The quantitative estimate of drug-likeness (QED) is 0.427. The number of hydrogen-bond acceptors (Lipinski definition) is 6. The summed E-state index contributed by atoms with van der Waals surface area (Å²) < 4.78 is 10.6. The largest absolute Gasteiger partial charge is 0.461 e. The highest BCUT2D eigenvalue weighted by Gasteiger charge is 2.28. The van der Waals surface area contributed by atoms with Crippen LogP contribution in [0.15, 0.2) is 88.0 Å². The lowest BCUT2D eigenvalue weighted by Gasteiger charge is -2.39. The third-order valence-electron chi connectivity index (χ3n) is 6.03. The standard InChI is InChI=1S/C26H26N4O3/c31-24(14-13-23-27-26(28-33-23)22-12-7-19-32-22)29-15-17-30(18-16-29)25(20-8-3-1-4-9-20)21-10-5-2-6-11-21/h1-12,19,25H,13-18H2. The average molecular weight is 443 g/mol. The molecule has 168 valence electrons. The van der Waals surface area contributed by atoms with Crippen molar-refractivity contribution >= 4 is 5.91 Å². The normalized spacial score (nSPS) is 14.6. The SMILES string of the molecule is O=C(CCc1nc(-c2ccco2)no1)N1CCN(C(c2ccccc2)c2ccccc2)CC1. The Morgan fingerprint density at radius 2 is 1.55 bits per heavy atom.